The van der Waals surface area contributed by atoms with E-state index in [0.717, 1.165) is 71.9 Å². The molecule has 32 heavy (non-hydrogen) atoms. The van der Waals surface area contributed by atoms with E-state index in [1.165, 1.54) is 21.7 Å². The van der Waals surface area contributed by atoms with Gasteiger partial charge in [-0.3, -0.25) is 0 Å². The Morgan fingerprint density at radius 1 is 1.12 bits per heavy atom. The summed E-state index contributed by atoms with van der Waals surface area (Å²) in [4.78, 5) is 3.11. The van der Waals surface area contributed by atoms with E-state index in [9.17, 15) is 5.11 Å². The van der Waals surface area contributed by atoms with Crippen LogP contribution in [0.4, 0.5) is 0 Å². The van der Waals surface area contributed by atoms with E-state index < -0.39 is 0 Å². The van der Waals surface area contributed by atoms with E-state index in [1.807, 2.05) is 0 Å². The lowest BCUT2D eigenvalue weighted by atomic mass is 9.87. The van der Waals surface area contributed by atoms with Gasteiger partial charge in [0.2, 0.25) is 0 Å². The topological polar surface area (TPSA) is 43.3 Å². The lowest BCUT2D eigenvalue weighted by Gasteiger charge is -2.27. The second-order valence-electron chi connectivity index (χ2n) is 10.5. The fourth-order valence-electron chi connectivity index (χ4n) is 4.62. The van der Waals surface area contributed by atoms with Gasteiger partial charge in [-0.15, -0.1) is 0 Å². The van der Waals surface area contributed by atoms with Crippen LogP contribution in [0.5, 0.6) is 0 Å². The van der Waals surface area contributed by atoms with Gasteiger partial charge >= 0.3 is 0 Å². The zero-order chi connectivity index (χ0) is 23.0. The van der Waals surface area contributed by atoms with Gasteiger partial charge in [-0.25, -0.2) is 0 Å². The predicted molar refractivity (Wildman–Crippen MR) is 130 cm³/mol. The Hall–Kier alpha value is -1.66. The first-order valence-corrected chi connectivity index (χ1v) is 12.5. The summed E-state index contributed by atoms with van der Waals surface area (Å²) >= 11 is 0. The molecule has 0 radical (unpaired) electrons. The van der Waals surface area contributed by atoms with Crippen LogP contribution in [-0.2, 0) is 23.2 Å². The van der Waals surface area contributed by atoms with Gasteiger partial charge in [0.25, 0.3) is 0 Å². The molecule has 1 aliphatic rings. The molecule has 5 heteroatoms. The minimum atomic E-state index is -0.219. The Morgan fingerprint density at radius 3 is 2.50 bits per heavy atom. The molecule has 2 heterocycles. The minimum absolute atomic E-state index is 0.183. The van der Waals surface area contributed by atoms with Gasteiger partial charge in [0.1, 0.15) is 45.4 Å². The van der Waals surface area contributed by atoms with Crippen molar-refractivity contribution in [2.45, 2.75) is 65.1 Å². The molecule has 2 atom stereocenters. The van der Waals surface area contributed by atoms with Crippen LogP contribution in [0.1, 0.15) is 57.4 Å². The van der Waals surface area contributed by atoms with Crippen molar-refractivity contribution in [3.63, 3.8) is 0 Å². The number of benzene rings is 1. The summed E-state index contributed by atoms with van der Waals surface area (Å²) in [6.07, 6.45) is 3.89. The van der Waals surface area contributed by atoms with Crippen LogP contribution < -0.4 is 9.80 Å². The van der Waals surface area contributed by atoms with Crippen LogP contribution in [0, 0.1) is 0 Å². The normalized spacial score (nSPS) is 17.4. The van der Waals surface area contributed by atoms with Crippen LogP contribution in [0.25, 0.3) is 0 Å². The van der Waals surface area contributed by atoms with Gasteiger partial charge in [0, 0.05) is 12.7 Å². The molecule has 0 amide bonds. The highest BCUT2D eigenvalue weighted by Gasteiger charge is 2.21. The molecule has 1 saturated heterocycles. The molecule has 5 nitrogen and oxygen atoms in total. The Morgan fingerprint density at radius 2 is 1.84 bits per heavy atom. The highest BCUT2D eigenvalue weighted by molar-refractivity contribution is 5.28. The summed E-state index contributed by atoms with van der Waals surface area (Å²) in [5, 5.41) is 10.5. The van der Waals surface area contributed by atoms with Gasteiger partial charge in [-0.2, -0.15) is 0 Å². The van der Waals surface area contributed by atoms with Crippen LogP contribution in [0.3, 0.4) is 0 Å². The molecule has 3 N–H and O–H groups in total. The summed E-state index contributed by atoms with van der Waals surface area (Å²) in [6.45, 7) is 17.8. The van der Waals surface area contributed by atoms with Crippen molar-refractivity contribution in [2.75, 3.05) is 45.9 Å². The molecule has 0 bridgehead atoms. The molecule has 3 rings (SSSR count). The number of aliphatic hydroxyl groups excluding tert-OH is 1. The van der Waals surface area contributed by atoms with E-state index in [4.69, 9.17) is 4.74 Å². The lowest BCUT2D eigenvalue weighted by molar-refractivity contribution is -0.969. The highest BCUT2D eigenvalue weighted by Crippen LogP contribution is 2.22. The number of hydrogen-bond acceptors (Lipinski definition) is 2. The fourth-order valence-corrected chi connectivity index (χ4v) is 4.62. The Labute approximate surface area is 195 Å². The molecule has 0 aliphatic carbocycles. The number of aromatic nitrogens is 1. The molecule has 0 spiro atoms. The Balaban J connectivity index is 1.64. The summed E-state index contributed by atoms with van der Waals surface area (Å²) in [6, 6.07) is 13.5. The van der Waals surface area contributed by atoms with Gasteiger partial charge in [0.15, 0.2) is 0 Å². The first-order chi connectivity index (χ1) is 15.3. The minimum Gasteiger partial charge on any atom is -0.387 e. The van der Waals surface area contributed by atoms with Crippen LogP contribution in [0.2, 0.25) is 0 Å². The second-order valence-corrected chi connectivity index (χ2v) is 10.5. The van der Waals surface area contributed by atoms with Gasteiger partial charge in [0.05, 0.1) is 18.9 Å². The van der Waals surface area contributed by atoms with Crippen molar-refractivity contribution < 1.29 is 19.6 Å². The number of nitrogens with zero attached hydrogens (tertiary/aromatic N) is 1. The molecule has 178 valence electrons. The molecule has 1 aliphatic heterocycles. The maximum absolute atomic E-state index is 10.5. The molecule has 0 saturated carbocycles. The fraction of sp³-hybridized carbons (Fsp3) is 0.630. The number of quaternary nitrogens is 2. The number of nitrogens with one attached hydrogen (secondary N) is 2. The monoisotopic (exact) mass is 443 g/mol. The molecule has 1 fully saturated rings. The average molecular weight is 444 g/mol. The molecule has 1 aromatic heterocycles. The van der Waals surface area contributed by atoms with E-state index in [0.29, 0.717) is 0 Å². The number of morpholine rings is 1. The van der Waals surface area contributed by atoms with Crippen LogP contribution in [-0.4, -0.2) is 61.7 Å². The number of hydrogen-bond donors (Lipinski definition) is 3. The second kappa shape index (κ2) is 12.0. The molecule has 1 unspecified atom stereocenters. The van der Waals surface area contributed by atoms with E-state index in [2.05, 4.69) is 74.9 Å². The van der Waals surface area contributed by atoms with Gasteiger partial charge in [-0.1, -0.05) is 58.4 Å². The largest absolute Gasteiger partial charge is 0.387 e. The molecule has 1 aromatic carbocycles. The first kappa shape index (κ1) is 25.0. The SMILES string of the molecule is CCC[C@@H](O)C[NH+](CC[NH+]1CCOCC1)Cc1cccn1Cc1ccc(C(C)(C)C)cc1. The van der Waals surface area contributed by atoms with Crippen molar-refractivity contribution in [1.82, 2.24) is 4.57 Å². The van der Waals surface area contributed by atoms with Gasteiger partial charge < -0.3 is 24.2 Å². The van der Waals surface area contributed by atoms with Crippen LogP contribution in [0.15, 0.2) is 42.6 Å². The van der Waals surface area contributed by atoms with Crippen molar-refractivity contribution in [2.24, 2.45) is 0 Å². The average Bonchev–Trinajstić information content (AvgIpc) is 3.19. The predicted octanol–water partition coefficient (Wildman–Crippen LogP) is 1.29. The third-order valence-electron chi connectivity index (χ3n) is 6.71. The van der Waals surface area contributed by atoms with Crippen molar-refractivity contribution in [3.05, 3.63) is 59.4 Å². The lowest BCUT2D eigenvalue weighted by Crippen LogP contribution is -3.21. The quantitative estimate of drug-likeness (QED) is 0.490. The summed E-state index contributed by atoms with van der Waals surface area (Å²) in [5.41, 5.74) is 4.24. The van der Waals surface area contributed by atoms with Gasteiger partial charge in [-0.05, 0) is 35.1 Å². The van der Waals surface area contributed by atoms with E-state index >= 15 is 0 Å². The summed E-state index contributed by atoms with van der Waals surface area (Å²) < 4.78 is 7.89. The summed E-state index contributed by atoms with van der Waals surface area (Å²) in [5.74, 6) is 0. The van der Waals surface area contributed by atoms with Crippen molar-refractivity contribution in [3.8, 4) is 0 Å². The smallest absolute Gasteiger partial charge is 0.127 e. The van der Waals surface area contributed by atoms with Crippen molar-refractivity contribution >= 4 is 0 Å². The van der Waals surface area contributed by atoms with E-state index in [-0.39, 0.29) is 11.5 Å². The maximum Gasteiger partial charge on any atom is 0.127 e. The van der Waals surface area contributed by atoms with Crippen LogP contribution >= 0.6 is 0 Å². The highest BCUT2D eigenvalue weighted by atomic mass is 16.5. The number of rotatable bonds is 11. The zero-order valence-electron chi connectivity index (χ0n) is 20.7. The number of ether oxygens (including phenoxy) is 1. The molecular formula is C27H45N3O2+2. The summed E-state index contributed by atoms with van der Waals surface area (Å²) in [7, 11) is 0. The van der Waals surface area contributed by atoms with E-state index in [1.54, 1.807) is 4.90 Å². The maximum atomic E-state index is 10.5. The first-order valence-electron chi connectivity index (χ1n) is 12.5. The Kier molecular flexibility index (Phi) is 9.35. The third kappa shape index (κ3) is 7.73. The molecule has 2 aromatic rings. The zero-order valence-corrected chi connectivity index (χ0v) is 20.7. The molecular weight excluding hydrogens is 398 g/mol. The standard InChI is InChI=1S/C27H43N3O2/c1-5-7-26(31)22-29(15-14-28-16-18-32-19-17-28)21-25-8-6-13-30(25)20-23-9-11-24(12-10-23)27(2,3)4/h6,8-13,26,31H,5,7,14-22H2,1-4H3/p+2/t26-/m1/s1. The Bertz CT molecular complexity index is 788. The van der Waals surface area contributed by atoms with Crippen molar-refractivity contribution in [1.29, 1.82) is 0 Å². The number of aliphatic hydroxyl groups is 1. The third-order valence-corrected chi connectivity index (χ3v) is 6.71.